The highest BCUT2D eigenvalue weighted by Crippen LogP contribution is 2.17. The maximum atomic E-state index is 12.0. The Bertz CT molecular complexity index is 171. The average Bonchev–Trinajstić information content (AvgIpc) is 2.02. The number of hydrogen-bond acceptors (Lipinski definition) is 2. The molecule has 0 unspecified atom stereocenters. The van der Waals surface area contributed by atoms with E-state index >= 15 is 0 Å². The third kappa shape index (κ3) is 3.84. The van der Waals surface area contributed by atoms with Crippen LogP contribution in [0.2, 0.25) is 0 Å². The first-order valence-corrected chi connectivity index (χ1v) is 4.91. The highest BCUT2D eigenvalue weighted by atomic mass is 19.4. The lowest BCUT2D eigenvalue weighted by atomic mass is 10.2. The molecular weight excluding hydrogens is 193 g/mol. The predicted octanol–water partition coefficient (Wildman–Crippen LogP) is 1.57. The van der Waals surface area contributed by atoms with Crippen LogP contribution in [-0.4, -0.2) is 54.7 Å². The Morgan fingerprint density at radius 2 is 1.57 bits per heavy atom. The van der Waals surface area contributed by atoms with Crippen molar-refractivity contribution in [2.45, 2.75) is 26.1 Å². The van der Waals surface area contributed by atoms with Crippen LogP contribution in [0.1, 0.15) is 13.8 Å². The van der Waals surface area contributed by atoms with Gasteiger partial charge in [-0.15, -0.1) is 0 Å². The summed E-state index contributed by atoms with van der Waals surface area (Å²) in [6, 6.07) is 0.433. The smallest absolute Gasteiger partial charge is 0.298 e. The number of nitrogens with zero attached hydrogens (tertiary/aromatic N) is 2. The van der Waals surface area contributed by atoms with Crippen LogP contribution < -0.4 is 0 Å². The van der Waals surface area contributed by atoms with Gasteiger partial charge in [-0.25, -0.2) is 0 Å². The first kappa shape index (κ1) is 11.8. The second-order valence-corrected chi connectivity index (χ2v) is 4.02. The van der Waals surface area contributed by atoms with E-state index in [9.17, 15) is 13.2 Å². The monoisotopic (exact) mass is 210 g/mol. The first-order chi connectivity index (χ1) is 6.38. The third-order valence-electron chi connectivity index (χ3n) is 2.54. The van der Waals surface area contributed by atoms with Crippen molar-refractivity contribution in [2.75, 3.05) is 32.7 Å². The van der Waals surface area contributed by atoms with Gasteiger partial charge in [-0.05, 0) is 13.8 Å². The van der Waals surface area contributed by atoms with E-state index in [-0.39, 0.29) is 0 Å². The fraction of sp³-hybridized carbons (Fsp3) is 1.00. The minimum absolute atomic E-state index is 0.433. The molecule has 14 heavy (non-hydrogen) atoms. The molecule has 0 aromatic heterocycles. The second-order valence-electron chi connectivity index (χ2n) is 4.02. The number of alkyl halides is 3. The zero-order valence-corrected chi connectivity index (χ0v) is 8.64. The van der Waals surface area contributed by atoms with Crippen molar-refractivity contribution >= 4 is 0 Å². The molecule has 0 aromatic carbocycles. The minimum Gasteiger partial charge on any atom is -0.298 e. The molecule has 0 N–H and O–H groups in total. The number of piperazine rings is 1. The molecule has 0 spiro atoms. The molecule has 0 radical (unpaired) electrons. The van der Waals surface area contributed by atoms with Crippen molar-refractivity contribution in [1.82, 2.24) is 9.80 Å². The predicted molar refractivity (Wildman–Crippen MR) is 49.2 cm³/mol. The highest BCUT2D eigenvalue weighted by molar-refractivity contribution is 4.75. The van der Waals surface area contributed by atoms with Gasteiger partial charge in [-0.2, -0.15) is 13.2 Å². The molecule has 0 amide bonds. The Morgan fingerprint density at radius 3 is 1.93 bits per heavy atom. The molecule has 1 saturated heterocycles. The summed E-state index contributed by atoms with van der Waals surface area (Å²) >= 11 is 0. The summed E-state index contributed by atoms with van der Waals surface area (Å²) in [4.78, 5) is 3.67. The average molecular weight is 210 g/mol. The van der Waals surface area contributed by atoms with Crippen LogP contribution in [-0.2, 0) is 0 Å². The Balaban J connectivity index is 2.29. The van der Waals surface area contributed by atoms with E-state index in [1.807, 2.05) is 0 Å². The van der Waals surface area contributed by atoms with E-state index in [2.05, 4.69) is 18.7 Å². The molecule has 0 atom stereocenters. The standard InChI is InChI=1S/C9H17F3N2/c1-8(2)14-5-3-13(4-6-14)7-9(10,11)12/h8H,3-7H2,1-2H3. The van der Waals surface area contributed by atoms with Gasteiger partial charge in [0.25, 0.3) is 0 Å². The Kier molecular flexibility index (Phi) is 3.78. The number of hydrogen-bond donors (Lipinski definition) is 0. The molecule has 0 aliphatic carbocycles. The van der Waals surface area contributed by atoms with E-state index in [1.165, 1.54) is 4.90 Å². The minimum atomic E-state index is -4.06. The van der Waals surface area contributed by atoms with Gasteiger partial charge in [-0.1, -0.05) is 0 Å². The van der Waals surface area contributed by atoms with Crippen LogP contribution in [0, 0.1) is 0 Å². The van der Waals surface area contributed by atoms with E-state index in [0.29, 0.717) is 19.1 Å². The van der Waals surface area contributed by atoms with Crippen LogP contribution >= 0.6 is 0 Å². The summed E-state index contributed by atoms with van der Waals surface area (Å²) in [5.74, 6) is 0. The molecule has 0 aromatic rings. The number of rotatable bonds is 2. The molecule has 1 aliphatic rings. The van der Waals surface area contributed by atoms with Crippen molar-refractivity contribution in [3.05, 3.63) is 0 Å². The van der Waals surface area contributed by atoms with Crippen LogP contribution in [0.4, 0.5) is 13.2 Å². The van der Waals surface area contributed by atoms with Gasteiger partial charge in [0, 0.05) is 32.2 Å². The Morgan fingerprint density at radius 1 is 1.07 bits per heavy atom. The molecule has 1 fully saturated rings. The molecule has 0 bridgehead atoms. The van der Waals surface area contributed by atoms with Crippen molar-refractivity contribution in [1.29, 1.82) is 0 Å². The zero-order chi connectivity index (χ0) is 10.8. The van der Waals surface area contributed by atoms with E-state index in [1.54, 1.807) is 0 Å². The second kappa shape index (κ2) is 4.49. The van der Waals surface area contributed by atoms with Crippen LogP contribution in [0.3, 0.4) is 0 Å². The Hall–Kier alpha value is -0.290. The van der Waals surface area contributed by atoms with Gasteiger partial charge in [0.15, 0.2) is 0 Å². The SMILES string of the molecule is CC(C)N1CCN(CC(F)(F)F)CC1. The van der Waals surface area contributed by atoms with E-state index < -0.39 is 12.7 Å². The fourth-order valence-corrected chi connectivity index (χ4v) is 1.69. The van der Waals surface area contributed by atoms with Crippen LogP contribution in [0.5, 0.6) is 0 Å². The largest absolute Gasteiger partial charge is 0.401 e. The maximum absolute atomic E-state index is 12.0. The maximum Gasteiger partial charge on any atom is 0.401 e. The summed E-state index contributed by atoms with van der Waals surface area (Å²) in [6.07, 6.45) is -4.06. The van der Waals surface area contributed by atoms with E-state index in [4.69, 9.17) is 0 Å². The summed E-state index contributed by atoms with van der Waals surface area (Å²) < 4.78 is 36.1. The van der Waals surface area contributed by atoms with Gasteiger partial charge < -0.3 is 0 Å². The molecule has 1 rings (SSSR count). The van der Waals surface area contributed by atoms with E-state index in [0.717, 1.165) is 13.1 Å². The van der Waals surface area contributed by atoms with Crippen molar-refractivity contribution in [3.63, 3.8) is 0 Å². The van der Waals surface area contributed by atoms with Gasteiger partial charge in [0.2, 0.25) is 0 Å². The van der Waals surface area contributed by atoms with Crippen molar-refractivity contribution in [3.8, 4) is 0 Å². The molecule has 1 heterocycles. The highest BCUT2D eigenvalue weighted by Gasteiger charge is 2.32. The van der Waals surface area contributed by atoms with Gasteiger partial charge in [0.05, 0.1) is 6.54 Å². The van der Waals surface area contributed by atoms with Crippen LogP contribution in [0.15, 0.2) is 0 Å². The molecule has 0 saturated carbocycles. The van der Waals surface area contributed by atoms with Crippen molar-refractivity contribution < 1.29 is 13.2 Å². The van der Waals surface area contributed by atoms with Gasteiger partial charge >= 0.3 is 6.18 Å². The Labute approximate surface area is 82.7 Å². The van der Waals surface area contributed by atoms with Crippen molar-refractivity contribution in [2.24, 2.45) is 0 Å². The topological polar surface area (TPSA) is 6.48 Å². The van der Waals surface area contributed by atoms with Gasteiger partial charge in [-0.3, -0.25) is 9.80 Å². The van der Waals surface area contributed by atoms with Crippen LogP contribution in [0.25, 0.3) is 0 Å². The zero-order valence-electron chi connectivity index (χ0n) is 8.64. The van der Waals surface area contributed by atoms with Gasteiger partial charge in [0.1, 0.15) is 0 Å². The lowest BCUT2D eigenvalue weighted by molar-refractivity contribution is -0.149. The summed E-state index contributed by atoms with van der Waals surface area (Å²) in [6.45, 7) is 5.91. The molecular formula is C9H17F3N2. The molecule has 84 valence electrons. The summed E-state index contributed by atoms with van der Waals surface area (Å²) in [7, 11) is 0. The normalized spacial score (nSPS) is 21.9. The summed E-state index contributed by atoms with van der Waals surface area (Å²) in [5, 5.41) is 0. The molecule has 2 nitrogen and oxygen atoms in total. The third-order valence-corrected chi connectivity index (χ3v) is 2.54. The molecule has 1 aliphatic heterocycles. The lowest BCUT2D eigenvalue weighted by Gasteiger charge is -2.37. The lowest BCUT2D eigenvalue weighted by Crippen LogP contribution is -2.50. The molecule has 5 heteroatoms. The first-order valence-electron chi connectivity index (χ1n) is 4.91. The number of halogens is 3. The summed E-state index contributed by atoms with van der Waals surface area (Å²) in [5.41, 5.74) is 0. The quantitative estimate of drug-likeness (QED) is 0.682. The fourth-order valence-electron chi connectivity index (χ4n) is 1.69.